The van der Waals surface area contributed by atoms with E-state index in [1.165, 1.54) is 12.1 Å². The molecule has 0 saturated carbocycles. The highest BCUT2D eigenvalue weighted by atomic mass is 19.1. The first-order valence-electron chi connectivity index (χ1n) is 8.26. The Bertz CT molecular complexity index is 742. The predicted molar refractivity (Wildman–Crippen MR) is 95.5 cm³/mol. The van der Waals surface area contributed by atoms with Crippen molar-refractivity contribution < 1.29 is 14.0 Å². The summed E-state index contributed by atoms with van der Waals surface area (Å²) in [4.78, 5) is 24.9. The summed E-state index contributed by atoms with van der Waals surface area (Å²) in [6.07, 6.45) is 0. The summed E-state index contributed by atoms with van der Waals surface area (Å²) < 4.78 is 12.9. The van der Waals surface area contributed by atoms with Gasteiger partial charge in [0.25, 0.3) is 5.91 Å². The summed E-state index contributed by atoms with van der Waals surface area (Å²) >= 11 is 0. The van der Waals surface area contributed by atoms with Crippen LogP contribution in [0.4, 0.5) is 4.39 Å². The van der Waals surface area contributed by atoms with Crippen LogP contribution in [0, 0.1) is 18.7 Å². The summed E-state index contributed by atoms with van der Waals surface area (Å²) in [6.45, 7) is 5.94. The van der Waals surface area contributed by atoms with Crippen molar-refractivity contribution in [3.8, 4) is 0 Å². The Morgan fingerprint density at radius 1 is 1.08 bits per heavy atom. The Labute approximate surface area is 147 Å². The third-order valence-electron chi connectivity index (χ3n) is 3.90. The van der Waals surface area contributed by atoms with Gasteiger partial charge in [-0.2, -0.15) is 0 Å². The first-order valence-corrected chi connectivity index (χ1v) is 8.26. The van der Waals surface area contributed by atoms with Crippen molar-refractivity contribution in [3.05, 3.63) is 71.0 Å². The highest BCUT2D eigenvalue weighted by Crippen LogP contribution is 2.08. The van der Waals surface area contributed by atoms with E-state index < -0.39 is 6.04 Å². The zero-order valence-corrected chi connectivity index (χ0v) is 14.7. The van der Waals surface area contributed by atoms with Crippen LogP contribution in [0.15, 0.2) is 48.5 Å². The number of hydrogen-bond acceptors (Lipinski definition) is 2. The number of carbonyl (C=O) groups is 2. The normalized spacial score (nSPS) is 11.9. The van der Waals surface area contributed by atoms with Gasteiger partial charge in [-0.05, 0) is 42.7 Å². The maximum absolute atomic E-state index is 12.9. The number of benzene rings is 2. The number of amides is 2. The van der Waals surface area contributed by atoms with E-state index in [2.05, 4.69) is 10.6 Å². The predicted octanol–water partition coefficient (Wildman–Crippen LogP) is 3.20. The second-order valence-electron chi connectivity index (χ2n) is 6.41. The molecule has 0 fully saturated rings. The highest BCUT2D eigenvalue weighted by Gasteiger charge is 2.24. The van der Waals surface area contributed by atoms with Gasteiger partial charge < -0.3 is 10.6 Å². The van der Waals surface area contributed by atoms with Gasteiger partial charge in [-0.15, -0.1) is 0 Å². The molecule has 2 aromatic carbocycles. The molecule has 5 heteroatoms. The van der Waals surface area contributed by atoms with Gasteiger partial charge in [-0.1, -0.05) is 43.7 Å². The van der Waals surface area contributed by atoms with E-state index in [0.29, 0.717) is 5.56 Å². The molecule has 2 N–H and O–H groups in total. The van der Waals surface area contributed by atoms with E-state index in [1.54, 1.807) is 24.3 Å². The molecule has 0 spiro atoms. The van der Waals surface area contributed by atoms with Crippen LogP contribution in [0.2, 0.25) is 0 Å². The van der Waals surface area contributed by atoms with Gasteiger partial charge in [0.15, 0.2) is 0 Å². The van der Waals surface area contributed by atoms with Gasteiger partial charge in [-0.25, -0.2) is 4.39 Å². The van der Waals surface area contributed by atoms with E-state index in [-0.39, 0.29) is 30.1 Å². The zero-order chi connectivity index (χ0) is 18.4. The molecule has 132 valence electrons. The molecule has 2 aromatic rings. The molecular formula is C20H23FN2O2. The van der Waals surface area contributed by atoms with Crippen molar-refractivity contribution in [2.75, 3.05) is 0 Å². The second-order valence-corrected chi connectivity index (χ2v) is 6.41. The lowest BCUT2D eigenvalue weighted by Gasteiger charge is -2.22. The minimum atomic E-state index is -0.645. The van der Waals surface area contributed by atoms with E-state index in [4.69, 9.17) is 0 Å². The highest BCUT2D eigenvalue weighted by molar-refractivity contribution is 5.97. The number of halogens is 1. The lowest BCUT2D eigenvalue weighted by atomic mass is 10.0. The molecule has 2 rings (SSSR count). The Balaban J connectivity index is 2.00. The van der Waals surface area contributed by atoms with Crippen LogP contribution < -0.4 is 10.6 Å². The van der Waals surface area contributed by atoms with Crippen LogP contribution in [0.1, 0.15) is 35.3 Å². The lowest BCUT2D eigenvalue weighted by Crippen LogP contribution is -2.49. The van der Waals surface area contributed by atoms with Crippen LogP contribution in [0.25, 0.3) is 0 Å². The van der Waals surface area contributed by atoms with Crippen LogP contribution in [-0.2, 0) is 11.3 Å². The Hall–Kier alpha value is -2.69. The molecule has 0 aliphatic carbocycles. The molecule has 0 aromatic heterocycles. The van der Waals surface area contributed by atoms with Gasteiger partial charge in [0.2, 0.25) is 5.91 Å². The maximum atomic E-state index is 12.9. The minimum Gasteiger partial charge on any atom is -0.350 e. The van der Waals surface area contributed by atoms with Crippen LogP contribution in [0.5, 0.6) is 0 Å². The van der Waals surface area contributed by atoms with Crippen molar-refractivity contribution in [3.63, 3.8) is 0 Å². The van der Waals surface area contributed by atoms with Gasteiger partial charge in [0.1, 0.15) is 11.9 Å². The lowest BCUT2D eigenvalue weighted by molar-refractivity contribution is -0.124. The number of rotatable bonds is 6. The largest absolute Gasteiger partial charge is 0.350 e. The van der Waals surface area contributed by atoms with Crippen molar-refractivity contribution in [1.29, 1.82) is 0 Å². The molecule has 1 atom stereocenters. The van der Waals surface area contributed by atoms with Crippen molar-refractivity contribution >= 4 is 11.8 Å². The summed E-state index contributed by atoms with van der Waals surface area (Å²) in [5.74, 6) is -0.929. The molecule has 1 unspecified atom stereocenters. The zero-order valence-electron chi connectivity index (χ0n) is 14.7. The van der Waals surface area contributed by atoms with Gasteiger partial charge >= 0.3 is 0 Å². The molecule has 0 aliphatic heterocycles. The summed E-state index contributed by atoms with van der Waals surface area (Å²) in [7, 11) is 0. The molecular weight excluding hydrogens is 319 g/mol. The molecule has 0 heterocycles. The first kappa shape index (κ1) is 18.6. The SMILES string of the molecule is Cc1cccc(C(=O)NC(C(=O)NCc2ccc(F)cc2)C(C)C)c1. The monoisotopic (exact) mass is 342 g/mol. The number of carbonyl (C=O) groups excluding carboxylic acids is 2. The molecule has 25 heavy (non-hydrogen) atoms. The molecule has 2 amide bonds. The van der Waals surface area contributed by atoms with Gasteiger partial charge in [-0.3, -0.25) is 9.59 Å². The molecule has 0 bridgehead atoms. The third kappa shape index (κ3) is 5.41. The molecule has 0 aliphatic rings. The number of nitrogens with one attached hydrogen (secondary N) is 2. The summed E-state index contributed by atoms with van der Waals surface area (Å²) in [6, 6.07) is 12.5. The Kier molecular flexibility index (Phi) is 6.28. The van der Waals surface area contributed by atoms with Crippen molar-refractivity contribution in [2.45, 2.75) is 33.4 Å². The fraction of sp³-hybridized carbons (Fsp3) is 0.300. The summed E-state index contributed by atoms with van der Waals surface area (Å²) in [5, 5.41) is 5.59. The molecule has 4 nitrogen and oxygen atoms in total. The van der Waals surface area contributed by atoms with E-state index in [1.807, 2.05) is 32.9 Å². The van der Waals surface area contributed by atoms with Crippen LogP contribution >= 0.6 is 0 Å². The average Bonchev–Trinajstić information content (AvgIpc) is 2.58. The second kappa shape index (κ2) is 8.42. The Morgan fingerprint density at radius 2 is 1.76 bits per heavy atom. The van der Waals surface area contributed by atoms with Crippen LogP contribution in [-0.4, -0.2) is 17.9 Å². The Morgan fingerprint density at radius 3 is 2.36 bits per heavy atom. The van der Waals surface area contributed by atoms with Crippen LogP contribution in [0.3, 0.4) is 0 Å². The molecule has 0 saturated heterocycles. The average molecular weight is 342 g/mol. The van der Waals surface area contributed by atoms with Gasteiger partial charge in [0.05, 0.1) is 0 Å². The first-order chi connectivity index (χ1) is 11.9. The smallest absolute Gasteiger partial charge is 0.251 e. The molecule has 0 radical (unpaired) electrons. The fourth-order valence-corrected chi connectivity index (χ4v) is 2.45. The van der Waals surface area contributed by atoms with E-state index in [0.717, 1.165) is 11.1 Å². The number of hydrogen-bond donors (Lipinski definition) is 2. The fourth-order valence-electron chi connectivity index (χ4n) is 2.45. The topological polar surface area (TPSA) is 58.2 Å². The maximum Gasteiger partial charge on any atom is 0.251 e. The number of aryl methyl sites for hydroxylation is 1. The van der Waals surface area contributed by atoms with Crippen molar-refractivity contribution in [1.82, 2.24) is 10.6 Å². The minimum absolute atomic E-state index is 0.0676. The van der Waals surface area contributed by atoms with E-state index >= 15 is 0 Å². The summed E-state index contributed by atoms with van der Waals surface area (Å²) in [5.41, 5.74) is 2.30. The standard InChI is InChI=1S/C20H23FN2O2/c1-13(2)18(23-19(24)16-6-4-5-14(3)11-16)20(25)22-12-15-7-9-17(21)10-8-15/h4-11,13,18H,12H2,1-3H3,(H,22,25)(H,23,24). The van der Waals surface area contributed by atoms with Crippen molar-refractivity contribution in [2.24, 2.45) is 5.92 Å². The van der Waals surface area contributed by atoms with E-state index in [9.17, 15) is 14.0 Å². The third-order valence-corrected chi connectivity index (χ3v) is 3.90. The quantitative estimate of drug-likeness (QED) is 0.847. The van der Waals surface area contributed by atoms with Gasteiger partial charge in [0, 0.05) is 12.1 Å².